The van der Waals surface area contributed by atoms with Crippen molar-refractivity contribution in [1.29, 1.82) is 0 Å². The van der Waals surface area contributed by atoms with E-state index in [0.717, 1.165) is 16.7 Å². The van der Waals surface area contributed by atoms with Gasteiger partial charge in [-0.25, -0.2) is 4.39 Å². The van der Waals surface area contributed by atoms with Gasteiger partial charge in [-0.2, -0.15) is 0 Å². The molecule has 3 aromatic rings. The lowest BCUT2D eigenvalue weighted by atomic mass is 9.88. The topological polar surface area (TPSA) is 49.9 Å². The molecule has 1 unspecified atom stereocenters. The molecule has 3 aromatic carbocycles. The van der Waals surface area contributed by atoms with Crippen molar-refractivity contribution in [3.63, 3.8) is 0 Å². The van der Waals surface area contributed by atoms with Crippen LogP contribution in [-0.4, -0.2) is 41.8 Å². The van der Waals surface area contributed by atoms with Crippen LogP contribution in [-0.2, 0) is 22.6 Å². The van der Waals surface area contributed by atoms with Gasteiger partial charge in [0.25, 0.3) is 5.91 Å². The quantitative estimate of drug-likeness (QED) is 0.566. The maximum absolute atomic E-state index is 14.0. The molecule has 1 aliphatic heterocycles. The van der Waals surface area contributed by atoms with Gasteiger partial charge in [-0.15, -0.1) is 0 Å². The van der Waals surface area contributed by atoms with Gasteiger partial charge < -0.3 is 14.5 Å². The Labute approximate surface area is 193 Å². The van der Waals surface area contributed by atoms with Gasteiger partial charge in [0.1, 0.15) is 11.6 Å². The van der Waals surface area contributed by atoms with Crippen LogP contribution >= 0.6 is 0 Å². The highest BCUT2D eigenvalue weighted by Gasteiger charge is 2.31. The van der Waals surface area contributed by atoms with E-state index in [9.17, 15) is 14.0 Å². The minimum atomic E-state index is -0.401. The van der Waals surface area contributed by atoms with Gasteiger partial charge >= 0.3 is 0 Å². The summed E-state index contributed by atoms with van der Waals surface area (Å²) in [7, 11) is 1.75. The van der Waals surface area contributed by atoms with Crippen LogP contribution in [0, 0.1) is 5.82 Å². The maximum Gasteiger partial charge on any atom is 0.260 e. The number of halogens is 1. The molecule has 0 saturated heterocycles. The first kappa shape index (κ1) is 22.5. The summed E-state index contributed by atoms with van der Waals surface area (Å²) >= 11 is 0. The number of fused-ring (bicyclic) bond motifs is 1. The van der Waals surface area contributed by atoms with Crippen LogP contribution in [0.15, 0.2) is 72.8 Å². The van der Waals surface area contributed by atoms with Crippen molar-refractivity contribution in [3.8, 4) is 5.75 Å². The first-order valence-electron chi connectivity index (χ1n) is 11.0. The molecule has 0 aromatic heterocycles. The molecule has 5 nitrogen and oxygen atoms in total. The Kier molecular flexibility index (Phi) is 6.73. The van der Waals surface area contributed by atoms with Gasteiger partial charge in [-0.1, -0.05) is 48.5 Å². The van der Waals surface area contributed by atoms with Crippen molar-refractivity contribution in [2.45, 2.75) is 25.9 Å². The van der Waals surface area contributed by atoms with E-state index in [1.807, 2.05) is 54.6 Å². The average Bonchev–Trinajstić information content (AvgIpc) is 2.82. The van der Waals surface area contributed by atoms with Crippen LogP contribution in [0.2, 0.25) is 0 Å². The zero-order chi connectivity index (χ0) is 23.4. The van der Waals surface area contributed by atoms with Crippen molar-refractivity contribution in [3.05, 3.63) is 101 Å². The predicted molar refractivity (Wildman–Crippen MR) is 124 cm³/mol. The summed E-state index contributed by atoms with van der Waals surface area (Å²) < 4.78 is 19.8. The number of benzene rings is 3. The Morgan fingerprint density at radius 1 is 1.06 bits per heavy atom. The third-order valence-corrected chi connectivity index (χ3v) is 5.97. The second-order valence-electron chi connectivity index (χ2n) is 8.30. The predicted octanol–water partition coefficient (Wildman–Crippen LogP) is 4.36. The van der Waals surface area contributed by atoms with E-state index in [1.165, 1.54) is 19.1 Å². The fourth-order valence-corrected chi connectivity index (χ4v) is 4.26. The molecule has 33 heavy (non-hydrogen) atoms. The molecule has 0 bridgehead atoms. The summed E-state index contributed by atoms with van der Waals surface area (Å²) in [5, 5.41) is 0. The lowest BCUT2D eigenvalue weighted by Crippen LogP contribution is -2.39. The summed E-state index contributed by atoms with van der Waals surface area (Å²) in [5.41, 5.74) is 3.73. The van der Waals surface area contributed by atoms with E-state index in [4.69, 9.17) is 4.74 Å². The highest BCUT2D eigenvalue weighted by atomic mass is 19.1. The molecule has 0 saturated carbocycles. The number of likely N-dealkylation sites (N-methyl/N-ethyl adjacent to an activating group) is 1. The van der Waals surface area contributed by atoms with Crippen molar-refractivity contribution in [2.24, 2.45) is 0 Å². The smallest absolute Gasteiger partial charge is 0.260 e. The van der Waals surface area contributed by atoms with Crippen molar-refractivity contribution in [1.82, 2.24) is 9.80 Å². The molecule has 2 amide bonds. The lowest BCUT2D eigenvalue weighted by molar-refractivity contribution is -0.132. The molecule has 6 heteroatoms. The number of ether oxygens (including phenoxy) is 1. The zero-order valence-electron chi connectivity index (χ0n) is 18.8. The molecular formula is C27H27FN2O3. The summed E-state index contributed by atoms with van der Waals surface area (Å²) in [4.78, 5) is 28.3. The highest BCUT2D eigenvalue weighted by Crippen LogP contribution is 2.37. The second-order valence-corrected chi connectivity index (χ2v) is 8.30. The van der Waals surface area contributed by atoms with E-state index in [0.29, 0.717) is 30.8 Å². The van der Waals surface area contributed by atoms with Gasteiger partial charge in [0.15, 0.2) is 6.61 Å². The Morgan fingerprint density at radius 3 is 2.58 bits per heavy atom. The van der Waals surface area contributed by atoms with Gasteiger partial charge in [0.05, 0.1) is 6.04 Å². The van der Waals surface area contributed by atoms with Crippen LogP contribution in [0.3, 0.4) is 0 Å². The van der Waals surface area contributed by atoms with Gasteiger partial charge in [-0.3, -0.25) is 9.59 Å². The SMILES string of the molecule is CC(=O)N1CCc2ccc(OCC(=O)N(C)Cc3ccccc3)cc2C1c1cccc(F)c1. The second kappa shape index (κ2) is 9.86. The number of hydrogen-bond acceptors (Lipinski definition) is 3. The molecule has 170 valence electrons. The van der Waals surface area contributed by atoms with E-state index >= 15 is 0 Å². The molecule has 0 radical (unpaired) electrons. The van der Waals surface area contributed by atoms with E-state index in [1.54, 1.807) is 22.9 Å². The largest absolute Gasteiger partial charge is 0.484 e. The molecule has 1 atom stereocenters. The fourth-order valence-electron chi connectivity index (χ4n) is 4.26. The Bertz CT molecular complexity index is 1150. The monoisotopic (exact) mass is 446 g/mol. The van der Waals surface area contributed by atoms with Gasteiger partial charge in [0, 0.05) is 27.1 Å². The molecule has 4 rings (SSSR count). The average molecular weight is 447 g/mol. The molecular weight excluding hydrogens is 419 g/mol. The first-order chi connectivity index (χ1) is 15.9. The van der Waals surface area contributed by atoms with Crippen LogP contribution in [0.1, 0.15) is 35.2 Å². The third kappa shape index (κ3) is 5.22. The lowest BCUT2D eigenvalue weighted by Gasteiger charge is -2.37. The number of rotatable bonds is 6. The Morgan fingerprint density at radius 2 is 1.85 bits per heavy atom. The number of carbonyl (C=O) groups is 2. The number of carbonyl (C=O) groups excluding carboxylic acids is 2. The van der Waals surface area contributed by atoms with E-state index in [-0.39, 0.29) is 24.2 Å². The minimum absolute atomic E-state index is 0.0704. The summed E-state index contributed by atoms with van der Waals surface area (Å²) in [5.74, 6) is -0.00726. The third-order valence-electron chi connectivity index (χ3n) is 5.97. The van der Waals surface area contributed by atoms with Crippen LogP contribution in [0.5, 0.6) is 5.75 Å². The molecule has 0 N–H and O–H groups in total. The molecule has 0 aliphatic carbocycles. The minimum Gasteiger partial charge on any atom is -0.484 e. The van der Waals surface area contributed by atoms with Crippen molar-refractivity contribution >= 4 is 11.8 Å². The highest BCUT2D eigenvalue weighted by molar-refractivity contribution is 5.77. The standard InChI is InChI=1S/C27H27FN2O3/c1-19(31)30-14-13-21-11-12-24(16-25(21)27(30)22-9-6-10-23(28)15-22)33-18-26(32)29(2)17-20-7-4-3-5-8-20/h3-12,15-16,27H,13-14,17-18H2,1-2H3. The molecule has 1 aliphatic rings. The zero-order valence-corrected chi connectivity index (χ0v) is 18.8. The van der Waals surface area contributed by atoms with Crippen molar-refractivity contribution < 1.29 is 18.7 Å². The van der Waals surface area contributed by atoms with E-state index in [2.05, 4.69) is 0 Å². The maximum atomic E-state index is 14.0. The Hall–Kier alpha value is -3.67. The summed E-state index contributed by atoms with van der Waals surface area (Å²) in [6, 6.07) is 21.4. The normalized spacial score (nSPS) is 15.0. The van der Waals surface area contributed by atoms with E-state index < -0.39 is 6.04 Å². The molecule has 1 heterocycles. The van der Waals surface area contributed by atoms with Gasteiger partial charge in [-0.05, 0) is 52.9 Å². The number of hydrogen-bond donors (Lipinski definition) is 0. The Balaban J connectivity index is 1.53. The summed E-state index contributed by atoms with van der Waals surface area (Å²) in [6.45, 7) is 2.50. The van der Waals surface area contributed by atoms with Crippen LogP contribution < -0.4 is 4.74 Å². The fraction of sp³-hybridized carbons (Fsp3) is 0.259. The number of amides is 2. The summed E-state index contributed by atoms with van der Waals surface area (Å²) in [6.07, 6.45) is 0.708. The van der Waals surface area contributed by atoms with Gasteiger partial charge in [0.2, 0.25) is 5.91 Å². The van der Waals surface area contributed by atoms with Crippen LogP contribution in [0.25, 0.3) is 0 Å². The molecule has 0 fully saturated rings. The van der Waals surface area contributed by atoms with Crippen LogP contribution in [0.4, 0.5) is 4.39 Å². The number of nitrogens with zero attached hydrogens (tertiary/aromatic N) is 2. The molecule has 0 spiro atoms. The van der Waals surface area contributed by atoms with Crippen molar-refractivity contribution in [2.75, 3.05) is 20.2 Å². The first-order valence-corrected chi connectivity index (χ1v) is 11.0.